The number of allylic oxidation sites excluding steroid dienone is 1. The zero-order valence-electron chi connectivity index (χ0n) is 10.8. The molecule has 0 aliphatic heterocycles. The van der Waals surface area contributed by atoms with Gasteiger partial charge in [0, 0.05) is 6.04 Å². The molecule has 1 N–H and O–H groups in total. The molecule has 3 heteroatoms. The molecule has 0 radical (unpaired) electrons. The third kappa shape index (κ3) is 3.84. The van der Waals surface area contributed by atoms with Crippen molar-refractivity contribution >= 4 is 0 Å². The maximum absolute atomic E-state index is 13.8. The topological polar surface area (TPSA) is 21.3 Å². The van der Waals surface area contributed by atoms with E-state index in [4.69, 9.17) is 4.74 Å². The molecule has 0 bridgehead atoms. The van der Waals surface area contributed by atoms with Crippen molar-refractivity contribution in [3.05, 3.63) is 41.7 Å². The van der Waals surface area contributed by atoms with Gasteiger partial charge in [-0.05, 0) is 43.9 Å². The average Bonchev–Trinajstić information content (AvgIpc) is 3.19. The monoisotopic (exact) mass is 249 g/mol. The number of hydrogen-bond donors (Lipinski definition) is 1. The summed E-state index contributed by atoms with van der Waals surface area (Å²) in [5, 5.41) is 3.44. The van der Waals surface area contributed by atoms with E-state index >= 15 is 0 Å². The Bertz CT molecular complexity index is 413. The summed E-state index contributed by atoms with van der Waals surface area (Å²) in [5.74, 6) is 0.0667. The smallest absolute Gasteiger partial charge is 0.168 e. The van der Waals surface area contributed by atoms with Gasteiger partial charge in [0.15, 0.2) is 11.6 Å². The van der Waals surface area contributed by atoms with Gasteiger partial charge in [-0.15, -0.1) is 0 Å². The number of methoxy groups -OCH3 is 1. The molecule has 0 spiro atoms. The Kier molecular flexibility index (Phi) is 4.76. The van der Waals surface area contributed by atoms with Crippen molar-refractivity contribution in [2.75, 3.05) is 13.7 Å². The number of hydrogen-bond acceptors (Lipinski definition) is 2. The van der Waals surface area contributed by atoms with Gasteiger partial charge in [-0.2, -0.15) is 0 Å². The molecule has 0 atom stereocenters. The van der Waals surface area contributed by atoms with Crippen molar-refractivity contribution in [2.24, 2.45) is 0 Å². The summed E-state index contributed by atoms with van der Waals surface area (Å²) in [6.07, 6.45) is 8.38. The number of benzene rings is 1. The molecule has 0 unspecified atom stereocenters. The second kappa shape index (κ2) is 6.55. The van der Waals surface area contributed by atoms with E-state index < -0.39 is 0 Å². The first kappa shape index (κ1) is 13.1. The summed E-state index contributed by atoms with van der Waals surface area (Å²) in [6.45, 7) is 1.02. The Morgan fingerprint density at radius 2 is 2.22 bits per heavy atom. The molecule has 1 aliphatic rings. The molecular formula is C15H20FNO. The highest BCUT2D eigenvalue weighted by Crippen LogP contribution is 2.20. The van der Waals surface area contributed by atoms with Crippen molar-refractivity contribution in [3.8, 4) is 5.75 Å². The van der Waals surface area contributed by atoms with Crippen LogP contribution in [0.4, 0.5) is 4.39 Å². The van der Waals surface area contributed by atoms with Gasteiger partial charge >= 0.3 is 0 Å². The van der Waals surface area contributed by atoms with Crippen molar-refractivity contribution in [2.45, 2.75) is 31.7 Å². The van der Waals surface area contributed by atoms with Gasteiger partial charge in [-0.25, -0.2) is 4.39 Å². The van der Waals surface area contributed by atoms with Gasteiger partial charge in [0.05, 0.1) is 7.11 Å². The van der Waals surface area contributed by atoms with E-state index in [9.17, 15) is 4.39 Å². The van der Waals surface area contributed by atoms with Crippen LogP contribution in [-0.2, 0) is 6.42 Å². The Hall–Kier alpha value is -1.35. The molecule has 1 fully saturated rings. The fourth-order valence-electron chi connectivity index (χ4n) is 1.86. The molecule has 0 amide bonds. The molecule has 2 rings (SSSR count). The van der Waals surface area contributed by atoms with E-state index in [1.807, 2.05) is 12.1 Å². The van der Waals surface area contributed by atoms with Crippen molar-refractivity contribution in [3.63, 3.8) is 0 Å². The molecule has 18 heavy (non-hydrogen) atoms. The SMILES string of the molecule is COc1cccc(C/C=C/CCNC2CC2)c1F. The third-order valence-electron chi connectivity index (χ3n) is 3.09. The molecule has 1 aliphatic carbocycles. The van der Waals surface area contributed by atoms with Gasteiger partial charge in [0.1, 0.15) is 0 Å². The highest BCUT2D eigenvalue weighted by Gasteiger charge is 2.19. The zero-order chi connectivity index (χ0) is 12.8. The minimum Gasteiger partial charge on any atom is -0.494 e. The summed E-state index contributed by atoms with van der Waals surface area (Å²) in [5.41, 5.74) is 0.681. The van der Waals surface area contributed by atoms with Gasteiger partial charge in [0.25, 0.3) is 0 Å². The first-order valence-corrected chi connectivity index (χ1v) is 6.51. The van der Waals surface area contributed by atoms with Crippen LogP contribution in [0.3, 0.4) is 0 Å². The normalized spacial score (nSPS) is 15.2. The van der Waals surface area contributed by atoms with E-state index in [0.29, 0.717) is 17.7 Å². The molecule has 2 nitrogen and oxygen atoms in total. The average molecular weight is 249 g/mol. The number of rotatable bonds is 7. The molecular weight excluding hydrogens is 229 g/mol. The van der Waals surface area contributed by atoms with Crippen LogP contribution in [0.25, 0.3) is 0 Å². The van der Waals surface area contributed by atoms with E-state index in [1.54, 1.807) is 12.1 Å². The maximum Gasteiger partial charge on any atom is 0.168 e. The second-order valence-corrected chi connectivity index (χ2v) is 4.63. The molecule has 1 saturated carbocycles. The number of nitrogens with one attached hydrogen (secondary N) is 1. The lowest BCUT2D eigenvalue weighted by molar-refractivity contribution is 0.384. The van der Waals surface area contributed by atoms with Crippen LogP contribution in [0.5, 0.6) is 5.75 Å². The van der Waals surface area contributed by atoms with Crippen LogP contribution in [0.15, 0.2) is 30.4 Å². The lowest BCUT2D eigenvalue weighted by Gasteiger charge is -2.05. The molecule has 0 heterocycles. The molecule has 0 saturated heterocycles. The lowest BCUT2D eigenvalue weighted by Crippen LogP contribution is -2.16. The van der Waals surface area contributed by atoms with Crippen molar-refractivity contribution in [1.29, 1.82) is 0 Å². The minimum absolute atomic E-state index is 0.249. The Morgan fingerprint density at radius 3 is 2.94 bits per heavy atom. The standard InChI is InChI=1S/C15H20FNO/c1-18-14-8-5-7-12(15(14)16)6-3-2-4-11-17-13-9-10-13/h2-3,5,7-8,13,17H,4,6,9-11H2,1H3/b3-2+. The van der Waals surface area contributed by atoms with E-state index in [2.05, 4.69) is 11.4 Å². The predicted molar refractivity (Wildman–Crippen MR) is 71.4 cm³/mol. The van der Waals surface area contributed by atoms with Crippen molar-refractivity contribution in [1.82, 2.24) is 5.32 Å². The molecule has 1 aromatic rings. The summed E-state index contributed by atoms with van der Waals surface area (Å²) in [7, 11) is 1.49. The van der Waals surface area contributed by atoms with Crippen molar-refractivity contribution < 1.29 is 9.13 Å². The molecule has 98 valence electrons. The summed E-state index contributed by atoms with van der Waals surface area (Å²) in [4.78, 5) is 0. The first-order valence-electron chi connectivity index (χ1n) is 6.51. The Balaban J connectivity index is 1.76. The van der Waals surface area contributed by atoms with Crippen LogP contribution in [-0.4, -0.2) is 19.7 Å². The van der Waals surface area contributed by atoms with E-state index in [1.165, 1.54) is 20.0 Å². The van der Waals surface area contributed by atoms with Crippen LogP contribution in [0.2, 0.25) is 0 Å². The fourth-order valence-corrected chi connectivity index (χ4v) is 1.86. The predicted octanol–water partition coefficient (Wildman–Crippen LogP) is 3.08. The largest absolute Gasteiger partial charge is 0.494 e. The van der Waals surface area contributed by atoms with Gasteiger partial charge in [0.2, 0.25) is 0 Å². The second-order valence-electron chi connectivity index (χ2n) is 4.63. The third-order valence-corrected chi connectivity index (χ3v) is 3.09. The van der Waals surface area contributed by atoms with Gasteiger partial charge in [-0.3, -0.25) is 0 Å². The van der Waals surface area contributed by atoms with E-state index in [-0.39, 0.29) is 5.82 Å². The first-order chi connectivity index (χ1) is 8.81. The summed E-state index contributed by atoms with van der Waals surface area (Å²) < 4.78 is 18.7. The fraction of sp³-hybridized carbons (Fsp3) is 0.467. The molecule has 1 aromatic carbocycles. The van der Waals surface area contributed by atoms with E-state index in [0.717, 1.165) is 19.0 Å². The molecule has 0 aromatic heterocycles. The Labute approximate surface area is 108 Å². The van der Waals surface area contributed by atoms with Gasteiger partial charge in [-0.1, -0.05) is 24.3 Å². The maximum atomic E-state index is 13.8. The van der Waals surface area contributed by atoms with Crippen LogP contribution in [0.1, 0.15) is 24.8 Å². The van der Waals surface area contributed by atoms with Gasteiger partial charge < -0.3 is 10.1 Å². The Morgan fingerprint density at radius 1 is 1.39 bits per heavy atom. The number of ether oxygens (including phenoxy) is 1. The lowest BCUT2D eigenvalue weighted by atomic mass is 10.1. The highest BCUT2D eigenvalue weighted by molar-refractivity contribution is 5.32. The summed E-state index contributed by atoms with van der Waals surface area (Å²) >= 11 is 0. The number of halogens is 1. The quantitative estimate of drug-likeness (QED) is 0.592. The zero-order valence-corrected chi connectivity index (χ0v) is 10.8. The van der Waals surface area contributed by atoms with Crippen LogP contribution >= 0.6 is 0 Å². The summed E-state index contributed by atoms with van der Waals surface area (Å²) in [6, 6.07) is 6.01. The highest BCUT2D eigenvalue weighted by atomic mass is 19.1. The van der Waals surface area contributed by atoms with Crippen LogP contribution in [0, 0.1) is 5.82 Å². The minimum atomic E-state index is -0.249. The van der Waals surface area contributed by atoms with Crippen LogP contribution < -0.4 is 10.1 Å².